The Kier molecular flexibility index (Phi) is 5.45. The lowest BCUT2D eigenvalue weighted by Gasteiger charge is -2.03. The third kappa shape index (κ3) is 5.61. The molecule has 0 radical (unpaired) electrons. The minimum absolute atomic E-state index is 0.0518. The molecule has 9 heteroatoms. The number of imide groups is 1. The van der Waals surface area contributed by atoms with Crippen molar-refractivity contribution in [2.75, 3.05) is 6.54 Å². The number of aryl methyl sites for hydroxylation is 1. The summed E-state index contributed by atoms with van der Waals surface area (Å²) in [4.78, 5) is 32.9. The van der Waals surface area contributed by atoms with Gasteiger partial charge in [-0.25, -0.2) is 9.48 Å². The first-order valence-electron chi connectivity index (χ1n) is 5.69. The van der Waals surface area contributed by atoms with Crippen LogP contribution in [-0.4, -0.2) is 44.6 Å². The molecule has 0 saturated carbocycles. The van der Waals surface area contributed by atoms with Crippen LogP contribution < -0.4 is 10.6 Å². The smallest absolute Gasteiger partial charge is 0.321 e. The van der Waals surface area contributed by atoms with E-state index in [4.69, 9.17) is 5.11 Å². The average molecular weight is 269 g/mol. The van der Waals surface area contributed by atoms with E-state index in [-0.39, 0.29) is 19.4 Å². The van der Waals surface area contributed by atoms with Crippen molar-refractivity contribution in [3.63, 3.8) is 0 Å². The number of aromatic nitrogens is 3. The molecule has 1 aromatic rings. The lowest BCUT2D eigenvalue weighted by atomic mass is 10.2. The molecule has 104 valence electrons. The van der Waals surface area contributed by atoms with Crippen molar-refractivity contribution in [1.29, 1.82) is 0 Å². The topological polar surface area (TPSA) is 126 Å². The number of hydrogen-bond donors (Lipinski definition) is 3. The molecular formula is C10H15N5O4. The van der Waals surface area contributed by atoms with Crippen molar-refractivity contribution in [3.05, 3.63) is 11.9 Å². The molecule has 1 heterocycles. The second kappa shape index (κ2) is 7.09. The largest absolute Gasteiger partial charge is 0.481 e. The Bertz CT molecular complexity index is 470. The van der Waals surface area contributed by atoms with Crippen molar-refractivity contribution < 1.29 is 19.5 Å². The highest BCUT2D eigenvalue weighted by Crippen LogP contribution is 1.98. The SMILES string of the molecule is CCNC(=O)NC(=O)Cn1cc(CCC(=O)O)nn1. The van der Waals surface area contributed by atoms with Gasteiger partial charge in [-0.2, -0.15) is 0 Å². The molecular weight excluding hydrogens is 254 g/mol. The molecule has 9 nitrogen and oxygen atoms in total. The van der Waals surface area contributed by atoms with Crippen LogP contribution in [0.15, 0.2) is 6.20 Å². The number of carboxylic acid groups (broad SMARTS) is 1. The molecule has 0 bridgehead atoms. The summed E-state index contributed by atoms with van der Waals surface area (Å²) in [5.41, 5.74) is 0.480. The van der Waals surface area contributed by atoms with E-state index in [0.717, 1.165) is 0 Å². The number of carbonyl (C=O) groups is 3. The number of carboxylic acids is 1. The summed E-state index contributed by atoms with van der Waals surface area (Å²) in [6.45, 7) is 2.00. The van der Waals surface area contributed by atoms with Crippen LogP contribution in [-0.2, 0) is 22.6 Å². The number of urea groups is 1. The Morgan fingerprint density at radius 1 is 1.42 bits per heavy atom. The number of amides is 3. The van der Waals surface area contributed by atoms with Gasteiger partial charge in [0.25, 0.3) is 0 Å². The molecule has 0 aliphatic rings. The van der Waals surface area contributed by atoms with Crippen LogP contribution in [0, 0.1) is 0 Å². The monoisotopic (exact) mass is 269 g/mol. The van der Waals surface area contributed by atoms with Crippen LogP contribution in [0.25, 0.3) is 0 Å². The number of carbonyl (C=O) groups excluding carboxylic acids is 2. The Morgan fingerprint density at radius 3 is 2.79 bits per heavy atom. The Morgan fingerprint density at radius 2 is 2.16 bits per heavy atom. The number of hydrogen-bond acceptors (Lipinski definition) is 5. The van der Waals surface area contributed by atoms with Crippen molar-refractivity contribution >= 4 is 17.9 Å². The number of aliphatic carboxylic acids is 1. The van der Waals surface area contributed by atoms with E-state index >= 15 is 0 Å². The fraction of sp³-hybridized carbons (Fsp3) is 0.500. The zero-order valence-corrected chi connectivity index (χ0v) is 10.4. The van der Waals surface area contributed by atoms with Gasteiger partial charge >= 0.3 is 12.0 Å². The van der Waals surface area contributed by atoms with Crippen LogP contribution in [0.4, 0.5) is 4.79 Å². The van der Waals surface area contributed by atoms with Crippen molar-refractivity contribution in [3.8, 4) is 0 Å². The van der Waals surface area contributed by atoms with Crippen molar-refractivity contribution in [2.24, 2.45) is 0 Å². The summed E-state index contributed by atoms with van der Waals surface area (Å²) in [6.07, 6.45) is 1.66. The summed E-state index contributed by atoms with van der Waals surface area (Å²) in [7, 11) is 0. The summed E-state index contributed by atoms with van der Waals surface area (Å²) in [6, 6.07) is -0.571. The van der Waals surface area contributed by atoms with Gasteiger partial charge in [0.2, 0.25) is 5.91 Å². The number of nitrogens with one attached hydrogen (secondary N) is 2. The van der Waals surface area contributed by atoms with Crippen molar-refractivity contribution in [2.45, 2.75) is 26.3 Å². The summed E-state index contributed by atoms with van der Waals surface area (Å²) in [5.74, 6) is -1.45. The minimum atomic E-state index is -0.927. The van der Waals surface area contributed by atoms with E-state index in [1.54, 1.807) is 6.92 Å². The van der Waals surface area contributed by atoms with E-state index in [1.165, 1.54) is 10.9 Å². The average Bonchev–Trinajstić information content (AvgIpc) is 2.74. The molecule has 0 spiro atoms. The predicted octanol–water partition coefficient (Wildman–Crippen LogP) is -0.859. The van der Waals surface area contributed by atoms with Crippen LogP contribution in [0.3, 0.4) is 0 Å². The lowest BCUT2D eigenvalue weighted by molar-refractivity contribution is -0.137. The van der Waals surface area contributed by atoms with Crippen molar-refractivity contribution in [1.82, 2.24) is 25.6 Å². The summed E-state index contributed by atoms with van der Waals surface area (Å²) >= 11 is 0. The molecule has 0 saturated heterocycles. The van der Waals surface area contributed by atoms with E-state index in [0.29, 0.717) is 12.2 Å². The maximum absolute atomic E-state index is 11.4. The molecule has 0 aliphatic carbocycles. The first-order valence-corrected chi connectivity index (χ1v) is 5.69. The molecule has 3 amide bonds. The van der Waals surface area contributed by atoms with Crippen LogP contribution in [0.5, 0.6) is 0 Å². The predicted molar refractivity (Wildman–Crippen MR) is 63.2 cm³/mol. The quantitative estimate of drug-likeness (QED) is 0.617. The third-order valence-corrected chi connectivity index (χ3v) is 2.08. The fourth-order valence-electron chi connectivity index (χ4n) is 1.28. The van der Waals surface area contributed by atoms with E-state index in [9.17, 15) is 14.4 Å². The molecule has 0 aromatic carbocycles. The molecule has 19 heavy (non-hydrogen) atoms. The summed E-state index contributed by atoms with van der Waals surface area (Å²) < 4.78 is 1.24. The molecule has 0 aliphatic heterocycles. The zero-order chi connectivity index (χ0) is 14.3. The molecule has 0 atom stereocenters. The summed E-state index contributed by atoms with van der Waals surface area (Å²) in [5, 5.41) is 20.4. The number of rotatable bonds is 6. The van der Waals surface area contributed by atoms with Crippen LogP contribution in [0.2, 0.25) is 0 Å². The van der Waals surface area contributed by atoms with Crippen LogP contribution in [0.1, 0.15) is 19.0 Å². The van der Waals surface area contributed by atoms with Gasteiger partial charge in [-0.1, -0.05) is 5.21 Å². The van der Waals surface area contributed by atoms with Gasteiger partial charge in [-0.05, 0) is 6.92 Å². The highest BCUT2D eigenvalue weighted by Gasteiger charge is 2.09. The first-order chi connectivity index (χ1) is 9.01. The standard InChI is InChI=1S/C10H15N5O4/c1-2-11-10(19)12-8(16)6-15-5-7(13-14-15)3-4-9(17)18/h5H,2-4,6H2,1H3,(H,17,18)(H2,11,12,16,19). The van der Waals surface area contributed by atoms with Gasteiger partial charge in [-0.15, -0.1) is 5.10 Å². The third-order valence-electron chi connectivity index (χ3n) is 2.08. The Labute approximate surface area is 109 Å². The zero-order valence-electron chi connectivity index (χ0n) is 10.4. The Balaban J connectivity index is 2.42. The first kappa shape index (κ1) is 14.6. The van der Waals surface area contributed by atoms with Gasteiger partial charge in [0.1, 0.15) is 6.54 Å². The van der Waals surface area contributed by atoms with Gasteiger partial charge in [0.05, 0.1) is 12.1 Å². The molecule has 1 aromatic heterocycles. The maximum Gasteiger partial charge on any atom is 0.321 e. The van der Waals surface area contributed by atoms with E-state index in [1.807, 2.05) is 0 Å². The number of nitrogens with zero attached hydrogens (tertiary/aromatic N) is 3. The highest BCUT2D eigenvalue weighted by atomic mass is 16.4. The fourth-order valence-corrected chi connectivity index (χ4v) is 1.28. The second-order valence-electron chi connectivity index (χ2n) is 3.71. The normalized spacial score (nSPS) is 9.95. The highest BCUT2D eigenvalue weighted by molar-refractivity contribution is 5.94. The molecule has 0 fully saturated rings. The second-order valence-corrected chi connectivity index (χ2v) is 3.71. The van der Waals surface area contributed by atoms with Gasteiger partial charge in [0.15, 0.2) is 0 Å². The van der Waals surface area contributed by atoms with Crippen LogP contribution >= 0.6 is 0 Å². The maximum atomic E-state index is 11.4. The lowest BCUT2D eigenvalue weighted by Crippen LogP contribution is -2.40. The minimum Gasteiger partial charge on any atom is -0.481 e. The molecule has 0 unspecified atom stereocenters. The molecule has 1 rings (SSSR count). The van der Waals surface area contributed by atoms with Gasteiger partial charge in [-0.3, -0.25) is 14.9 Å². The molecule has 3 N–H and O–H groups in total. The van der Waals surface area contributed by atoms with E-state index < -0.39 is 17.9 Å². The van der Waals surface area contributed by atoms with Gasteiger partial charge < -0.3 is 10.4 Å². The van der Waals surface area contributed by atoms with Gasteiger partial charge in [0, 0.05) is 19.2 Å². The Hall–Kier alpha value is -2.45. The van der Waals surface area contributed by atoms with E-state index in [2.05, 4.69) is 20.9 Å².